The van der Waals surface area contributed by atoms with Crippen LogP contribution in [0.5, 0.6) is 5.75 Å². The summed E-state index contributed by atoms with van der Waals surface area (Å²) in [7, 11) is 0. The zero-order valence-corrected chi connectivity index (χ0v) is 16.3. The SMILES string of the molecule is CCSc1n[n+]2c(c(=O)[nH]1)-c1ccccc1N[C@@H]2c1cc(O)ccc1Br. The minimum Gasteiger partial charge on any atom is -0.508 e. The molecule has 1 aliphatic rings. The Morgan fingerprint density at radius 2 is 2.12 bits per heavy atom. The Balaban J connectivity index is 1.99. The molecule has 0 saturated carbocycles. The van der Waals surface area contributed by atoms with Crippen LogP contribution in [0.1, 0.15) is 18.7 Å². The Bertz CT molecular complexity index is 1050. The lowest BCUT2D eigenvalue weighted by molar-refractivity contribution is -0.759. The first-order valence-electron chi connectivity index (χ1n) is 8.11. The molecule has 1 aromatic heterocycles. The monoisotopic (exact) mass is 431 g/mol. The second-order valence-corrected chi connectivity index (χ2v) is 7.89. The first kappa shape index (κ1) is 17.1. The van der Waals surface area contributed by atoms with E-state index in [1.165, 1.54) is 11.8 Å². The lowest BCUT2D eigenvalue weighted by atomic mass is 10.0. The van der Waals surface area contributed by atoms with E-state index >= 15 is 0 Å². The average Bonchev–Trinajstić information content (AvgIpc) is 2.63. The molecule has 0 radical (unpaired) electrons. The number of aromatic nitrogens is 3. The van der Waals surface area contributed by atoms with Crippen LogP contribution in [0.2, 0.25) is 0 Å². The number of phenols is 1. The molecule has 4 rings (SSSR count). The molecule has 132 valence electrons. The summed E-state index contributed by atoms with van der Waals surface area (Å²) in [5, 5.41) is 18.6. The summed E-state index contributed by atoms with van der Waals surface area (Å²) in [6.45, 7) is 2.01. The Kier molecular flexibility index (Phi) is 4.46. The van der Waals surface area contributed by atoms with E-state index in [4.69, 9.17) is 0 Å². The van der Waals surface area contributed by atoms with Crippen molar-refractivity contribution in [2.24, 2.45) is 0 Å². The van der Waals surface area contributed by atoms with Gasteiger partial charge in [-0.25, -0.2) is 0 Å². The predicted octanol–water partition coefficient (Wildman–Crippen LogP) is 3.28. The standard InChI is InChI=1S/C18H15BrN4O2S/c1-2-26-18-21-17(25)15-11-5-3-4-6-14(11)20-16(23(15)22-18)12-9-10(24)7-8-13(12)19/h3-9,16H,2H2,1H3,(H2,21,22,24,25)/p+1/t16-/m0/s1. The summed E-state index contributed by atoms with van der Waals surface area (Å²) in [5.74, 6) is 0.950. The largest absolute Gasteiger partial charge is 0.508 e. The van der Waals surface area contributed by atoms with Crippen molar-refractivity contribution in [3.63, 3.8) is 0 Å². The van der Waals surface area contributed by atoms with E-state index < -0.39 is 6.17 Å². The summed E-state index contributed by atoms with van der Waals surface area (Å²) in [4.78, 5) is 15.7. The molecule has 0 unspecified atom stereocenters. The van der Waals surface area contributed by atoms with Crippen LogP contribution in [0, 0.1) is 0 Å². The molecule has 0 fully saturated rings. The molecule has 3 N–H and O–H groups in total. The third-order valence-electron chi connectivity index (χ3n) is 4.14. The van der Waals surface area contributed by atoms with Crippen LogP contribution in [0.3, 0.4) is 0 Å². The van der Waals surface area contributed by atoms with Gasteiger partial charge in [-0.15, -0.1) is 0 Å². The number of anilines is 1. The number of hydrogen-bond donors (Lipinski definition) is 3. The van der Waals surface area contributed by atoms with Gasteiger partial charge < -0.3 is 10.4 Å². The van der Waals surface area contributed by atoms with E-state index in [9.17, 15) is 9.90 Å². The fourth-order valence-electron chi connectivity index (χ4n) is 3.04. The lowest BCUT2D eigenvalue weighted by Crippen LogP contribution is -2.55. The van der Waals surface area contributed by atoms with Gasteiger partial charge in [0.15, 0.2) is 0 Å². The van der Waals surface area contributed by atoms with E-state index in [1.807, 2.05) is 31.2 Å². The van der Waals surface area contributed by atoms with Crippen molar-refractivity contribution in [1.29, 1.82) is 0 Å². The number of fused-ring (bicyclic) bond motifs is 3. The van der Waals surface area contributed by atoms with Crippen molar-refractivity contribution in [2.45, 2.75) is 18.2 Å². The van der Waals surface area contributed by atoms with Crippen LogP contribution < -0.4 is 15.6 Å². The quantitative estimate of drug-likeness (QED) is 0.437. The van der Waals surface area contributed by atoms with Gasteiger partial charge in [-0.05, 0) is 40.8 Å². The molecular weight excluding hydrogens is 416 g/mol. The van der Waals surface area contributed by atoms with Gasteiger partial charge in [0, 0.05) is 9.57 Å². The number of benzene rings is 2. The molecule has 2 heterocycles. The van der Waals surface area contributed by atoms with Gasteiger partial charge in [-0.2, -0.15) is 0 Å². The fraction of sp³-hybridized carbons (Fsp3) is 0.167. The van der Waals surface area contributed by atoms with Gasteiger partial charge >= 0.3 is 11.3 Å². The van der Waals surface area contributed by atoms with Crippen LogP contribution in [0.4, 0.5) is 5.69 Å². The molecule has 2 aromatic carbocycles. The average molecular weight is 432 g/mol. The lowest BCUT2D eigenvalue weighted by Gasteiger charge is -2.23. The first-order valence-corrected chi connectivity index (χ1v) is 9.89. The van der Waals surface area contributed by atoms with Crippen molar-refractivity contribution < 1.29 is 9.79 Å². The number of phenolic OH excluding ortho intramolecular Hbond substituents is 1. The summed E-state index contributed by atoms with van der Waals surface area (Å²) >= 11 is 5.01. The number of aromatic amines is 1. The highest BCUT2D eigenvalue weighted by atomic mass is 79.9. The highest BCUT2D eigenvalue weighted by Crippen LogP contribution is 2.34. The molecule has 3 aromatic rings. The number of nitrogens with zero attached hydrogens (tertiary/aromatic N) is 2. The van der Waals surface area contributed by atoms with E-state index in [0.29, 0.717) is 10.9 Å². The summed E-state index contributed by atoms with van der Waals surface area (Å²) in [6, 6.07) is 12.7. The van der Waals surface area contributed by atoms with Crippen molar-refractivity contribution in [3.05, 3.63) is 62.9 Å². The Hall–Kier alpha value is -2.32. The number of nitrogens with one attached hydrogen (secondary N) is 2. The number of aromatic hydroxyl groups is 1. The molecule has 0 spiro atoms. The Morgan fingerprint density at radius 1 is 1.31 bits per heavy atom. The molecule has 1 atom stereocenters. The van der Waals surface area contributed by atoms with Crippen LogP contribution in [0.25, 0.3) is 11.3 Å². The number of rotatable bonds is 3. The molecular formula is C18H16BrN4O2S+. The summed E-state index contributed by atoms with van der Waals surface area (Å²) < 4.78 is 2.51. The molecule has 0 amide bonds. The number of H-pyrrole nitrogens is 1. The normalized spacial score (nSPS) is 15.1. The van der Waals surface area contributed by atoms with E-state index in [-0.39, 0.29) is 11.3 Å². The van der Waals surface area contributed by atoms with Crippen molar-refractivity contribution in [2.75, 3.05) is 11.1 Å². The van der Waals surface area contributed by atoms with Crippen molar-refractivity contribution >= 4 is 33.4 Å². The van der Waals surface area contributed by atoms with Gasteiger partial charge in [-0.1, -0.05) is 46.7 Å². The highest BCUT2D eigenvalue weighted by Gasteiger charge is 2.38. The summed E-state index contributed by atoms with van der Waals surface area (Å²) in [6.07, 6.45) is -0.431. The third-order valence-corrected chi connectivity index (χ3v) is 5.61. The van der Waals surface area contributed by atoms with Crippen molar-refractivity contribution in [1.82, 2.24) is 10.1 Å². The number of thioether (sulfide) groups is 1. The maximum atomic E-state index is 12.8. The van der Waals surface area contributed by atoms with Crippen molar-refractivity contribution in [3.8, 4) is 17.0 Å². The van der Waals surface area contributed by atoms with Crippen LogP contribution in [-0.4, -0.2) is 20.9 Å². The summed E-state index contributed by atoms with van der Waals surface area (Å²) in [5.41, 5.74) is 2.72. The zero-order chi connectivity index (χ0) is 18.3. The zero-order valence-electron chi connectivity index (χ0n) is 13.9. The smallest absolute Gasteiger partial charge is 0.325 e. The number of para-hydroxylation sites is 1. The molecule has 0 aliphatic carbocycles. The molecule has 6 nitrogen and oxygen atoms in total. The Morgan fingerprint density at radius 3 is 2.92 bits per heavy atom. The minimum absolute atomic E-state index is 0.152. The molecule has 0 saturated heterocycles. The number of hydrogen-bond acceptors (Lipinski definition) is 5. The topological polar surface area (TPSA) is 81.9 Å². The number of halogens is 1. The second-order valence-electron chi connectivity index (χ2n) is 5.78. The van der Waals surface area contributed by atoms with Gasteiger partial charge in [0.05, 0.1) is 16.8 Å². The first-order chi connectivity index (χ1) is 12.6. The molecule has 8 heteroatoms. The molecule has 26 heavy (non-hydrogen) atoms. The second kappa shape index (κ2) is 6.77. The maximum absolute atomic E-state index is 12.8. The maximum Gasteiger partial charge on any atom is 0.325 e. The third kappa shape index (κ3) is 2.89. The predicted molar refractivity (Wildman–Crippen MR) is 104 cm³/mol. The van der Waals surface area contributed by atoms with Gasteiger partial charge in [0.1, 0.15) is 5.75 Å². The van der Waals surface area contributed by atoms with Crippen LogP contribution in [0.15, 0.2) is 56.9 Å². The van der Waals surface area contributed by atoms with E-state index in [1.54, 1.807) is 22.9 Å². The minimum atomic E-state index is -0.431. The Labute approximate surface area is 162 Å². The highest BCUT2D eigenvalue weighted by molar-refractivity contribution is 9.10. The van der Waals surface area contributed by atoms with Crippen LogP contribution in [-0.2, 0) is 0 Å². The van der Waals surface area contributed by atoms with Gasteiger partial charge in [0.2, 0.25) is 5.16 Å². The van der Waals surface area contributed by atoms with E-state index in [0.717, 1.165) is 27.0 Å². The van der Waals surface area contributed by atoms with Gasteiger partial charge in [0.25, 0.3) is 6.17 Å². The van der Waals surface area contributed by atoms with E-state index in [2.05, 4.69) is 31.3 Å². The molecule has 1 aliphatic heterocycles. The molecule has 0 bridgehead atoms. The van der Waals surface area contributed by atoms with Crippen LogP contribution >= 0.6 is 27.7 Å². The fourth-order valence-corrected chi connectivity index (χ4v) is 4.09. The van der Waals surface area contributed by atoms with Gasteiger partial charge in [-0.3, -0.25) is 9.78 Å².